The Kier molecular flexibility index (Phi) is 9.35. The first-order valence-electron chi connectivity index (χ1n) is 8.02. The molecule has 0 aliphatic heterocycles. The largest absolute Gasteiger partial charge is 0.366 e. The molecule has 0 aliphatic rings. The molecule has 0 radical (unpaired) electrons. The third kappa shape index (κ3) is 8.11. The van der Waals surface area contributed by atoms with E-state index in [2.05, 4.69) is 25.0 Å². The number of aromatic nitrogens is 3. The van der Waals surface area contributed by atoms with Gasteiger partial charge in [-0.1, -0.05) is 0 Å². The zero-order chi connectivity index (χ0) is 18.6. The summed E-state index contributed by atoms with van der Waals surface area (Å²) in [5.74, 6) is 3.81. The predicted octanol–water partition coefficient (Wildman–Crippen LogP) is 2.60. The summed E-state index contributed by atoms with van der Waals surface area (Å²) in [6, 6.07) is 2.01. The van der Waals surface area contributed by atoms with Crippen molar-refractivity contribution in [3.63, 3.8) is 0 Å². The first kappa shape index (κ1) is 20.6. The van der Waals surface area contributed by atoms with Crippen LogP contribution in [0.25, 0.3) is 0 Å². The highest BCUT2D eigenvalue weighted by Gasteiger charge is 2.04. The van der Waals surface area contributed by atoms with Crippen LogP contribution in [-0.4, -0.2) is 43.9 Å². The summed E-state index contributed by atoms with van der Waals surface area (Å²) < 4.78 is 4.25. The van der Waals surface area contributed by atoms with Gasteiger partial charge >= 0.3 is 0 Å². The van der Waals surface area contributed by atoms with Crippen molar-refractivity contribution in [3.8, 4) is 0 Å². The Bertz CT molecular complexity index is 689. The number of hydrogen-bond acceptors (Lipinski definition) is 9. The minimum absolute atomic E-state index is 0.445. The molecule has 0 amide bonds. The van der Waals surface area contributed by atoms with E-state index in [1.165, 1.54) is 11.5 Å². The third-order valence-corrected chi connectivity index (χ3v) is 5.83. The van der Waals surface area contributed by atoms with Crippen molar-refractivity contribution < 1.29 is 4.92 Å². The highest BCUT2D eigenvalue weighted by molar-refractivity contribution is 7.98. The van der Waals surface area contributed by atoms with Crippen molar-refractivity contribution in [1.29, 1.82) is 0 Å². The lowest BCUT2D eigenvalue weighted by Gasteiger charge is -2.11. The fourth-order valence-corrected chi connectivity index (χ4v) is 4.22. The van der Waals surface area contributed by atoms with Crippen molar-refractivity contribution in [2.24, 2.45) is 0 Å². The molecule has 0 fully saturated rings. The van der Waals surface area contributed by atoms with Crippen LogP contribution in [0.1, 0.15) is 17.1 Å². The molecule has 0 saturated heterocycles. The smallest absolute Gasteiger partial charge is 0.274 e. The lowest BCUT2D eigenvalue weighted by Crippen LogP contribution is -2.30. The summed E-state index contributed by atoms with van der Waals surface area (Å²) in [5.41, 5.74) is 3.20. The average molecular weight is 415 g/mol. The van der Waals surface area contributed by atoms with Crippen LogP contribution in [0.15, 0.2) is 29.8 Å². The van der Waals surface area contributed by atoms with E-state index in [9.17, 15) is 10.1 Å². The van der Waals surface area contributed by atoms with Crippen molar-refractivity contribution in [2.75, 3.05) is 24.6 Å². The first-order chi connectivity index (χ1) is 12.6. The highest BCUT2D eigenvalue weighted by Crippen LogP contribution is 2.12. The van der Waals surface area contributed by atoms with Gasteiger partial charge < -0.3 is 15.6 Å². The lowest BCUT2D eigenvalue weighted by atomic mass is 10.4. The molecule has 142 valence electrons. The van der Waals surface area contributed by atoms with Gasteiger partial charge in [0, 0.05) is 47.2 Å². The second-order valence-corrected chi connectivity index (χ2v) is 8.13. The van der Waals surface area contributed by atoms with E-state index >= 15 is 0 Å². The van der Waals surface area contributed by atoms with E-state index in [0.717, 1.165) is 46.3 Å². The molecule has 26 heavy (non-hydrogen) atoms. The number of aryl methyl sites for hydroxylation is 1. The standard InChI is InChI=1S/C15H22N6O2S3/c1-12-14(19-11-18-12)10-25-7-4-17-15(8-21(22)23)16-3-6-24-9-13-2-5-26-20-13/h2,5,8,11,16-17H,3-4,6-7,9-10H2,1H3,(H,18,19). The fraction of sp³-hybridized carbons (Fsp3) is 0.467. The van der Waals surface area contributed by atoms with Crippen molar-refractivity contribution in [1.82, 2.24) is 25.0 Å². The maximum atomic E-state index is 10.8. The van der Waals surface area contributed by atoms with Crippen molar-refractivity contribution in [2.45, 2.75) is 18.4 Å². The van der Waals surface area contributed by atoms with Crippen molar-refractivity contribution >= 4 is 35.1 Å². The molecule has 0 saturated carbocycles. The molecule has 0 atom stereocenters. The number of nitro groups is 1. The molecular weight excluding hydrogens is 392 g/mol. The summed E-state index contributed by atoms with van der Waals surface area (Å²) in [4.78, 5) is 17.6. The molecule has 0 aliphatic carbocycles. The van der Waals surface area contributed by atoms with Crippen LogP contribution in [0, 0.1) is 17.0 Å². The summed E-state index contributed by atoms with van der Waals surface area (Å²) in [5, 5.41) is 18.9. The second-order valence-electron chi connectivity index (χ2n) is 5.25. The molecule has 8 nitrogen and oxygen atoms in total. The van der Waals surface area contributed by atoms with Crippen LogP contribution in [0.3, 0.4) is 0 Å². The van der Waals surface area contributed by atoms with Gasteiger partial charge in [-0.2, -0.15) is 27.9 Å². The number of nitrogens with zero attached hydrogens (tertiary/aromatic N) is 3. The number of thioether (sulfide) groups is 2. The Hall–Kier alpha value is -1.72. The SMILES string of the molecule is Cc1[nH]cnc1CSCCNC(=C[N+](=O)[O-])NCCSCc1ccsn1. The van der Waals surface area contributed by atoms with Gasteiger partial charge in [0.05, 0.1) is 22.6 Å². The predicted molar refractivity (Wildman–Crippen MR) is 109 cm³/mol. The third-order valence-electron chi connectivity index (χ3n) is 3.27. The number of aromatic amines is 1. The monoisotopic (exact) mass is 414 g/mol. The summed E-state index contributed by atoms with van der Waals surface area (Å²) in [7, 11) is 0. The van der Waals surface area contributed by atoms with Crippen LogP contribution in [0.2, 0.25) is 0 Å². The molecule has 2 aromatic heterocycles. The van der Waals surface area contributed by atoms with Gasteiger partial charge in [0.15, 0.2) is 5.82 Å². The Morgan fingerprint density at radius 3 is 2.65 bits per heavy atom. The quantitative estimate of drug-likeness (QED) is 0.261. The molecule has 2 aromatic rings. The molecule has 2 rings (SSSR count). The first-order valence-corrected chi connectivity index (χ1v) is 11.2. The normalized spacial score (nSPS) is 11.5. The lowest BCUT2D eigenvalue weighted by molar-refractivity contribution is -0.404. The topological polar surface area (TPSA) is 109 Å². The van der Waals surface area contributed by atoms with E-state index < -0.39 is 4.92 Å². The minimum atomic E-state index is -0.446. The molecule has 3 N–H and O–H groups in total. The zero-order valence-corrected chi connectivity index (χ0v) is 16.9. The van der Waals surface area contributed by atoms with Gasteiger partial charge in [0.1, 0.15) is 0 Å². The maximum Gasteiger partial charge on any atom is 0.274 e. The fourth-order valence-electron chi connectivity index (χ4n) is 1.97. The summed E-state index contributed by atoms with van der Waals surface area (Å²) in [6.45, 7) is 3.29. The van der Waals surface area contributed by atoms with Gasteiger partial charge in [0.25, 0.3) is 6.20 Å². The van der Waals surface area contributed by atoms with Gasteiger partial charge in [-0.25, -0.2) is 4.98 Å². The van der Waals surface area contributed by atoms with Gasteiger partial charge in [-0.3, -0.25) is 10.1 Å². The Balaban J connectivity index is 1.60. The number of hydrogen-bond donors (Lipinski definition) is 3. The number of H-pyrrole nitrogens is 1. The summed E-state index contributed by atoms with van der Waals surface area (Å²) >= 11 is 4.93. The van der Waals surface area contributed by atoms with Gasteiger partial charge in [-0.15, -0.1) is 0 Å². The van der Waals surface area contributed by atoms with Crippen LogP contribution in [0.4, 0.5) is 0 Å². The number of nitrogens with one attached hydrogen (secondary N) is 3. The van der Waals surface area contributed by atoms with Crippen LogP contribution >= 0.6 is 35.1 Å². The van der Waals surface area contributed by atoms with Crippen LogP contribution < -0.4 is 10.6 Å². The average Bonchev–Trinajstić information content (AvgIpc) is 3.25. The number of imidazole rings is 1. The molecule has 0 bridgehead atoms. The van der Waals surface area contributed by atoms with Crippen LogP contribution in [0.5, 0.6) is 0 Å². The molecule has 0 unspecified atom stereocenters. The Morgan fingerprint density at radius 1 is 1.35 bits per heavy atom. The van der Waals surface area contributed by atoms with Crippen LogP contribution in [-0.2, 0) is 11.5 Å². The maximum absolute atomic E-state index is 10.8. The molecule has 2 heterocycles. The Labute approximate surface area is 165 Å². The van der Waals surface area contributed by atoms with Gasteiger partial charge in [-0.05, 0) is 24.5 Å². The Morgan fingerprint density at radius 2 is 2.08 bits per heavy atom. The zero-order valence-electron chi connectivity index (χ0n) is 14.4. The second kappa shape index (κ2) is 11.8. The van der Waals surface area contributed by atoms with Crippen molar-refractivity contribution in [3.05, 3.63) is 57.0 Å². The highest BCUT2D eigenvalue weighted by atomic mass is 32.2. The van der Waals surface area contributed by atoms with E-state index in [4.69, 9.17) is 0 Å². The van der Waals surface area contributed by atoms with E-state index in [1.54, 1.807) is 29.9 Å². The van der Waals surface area contributed by atoms with Gasteiger partial charge in [0.2, 0.25) is 0 Å². The molecular formula is C15H22N6O2S3. The van der Waals surface area contributed by atoms with E-state index in [1.807, 2.05) is 18.4 Å². The van der Waals surface area contributed by atoms with E-state index in [-0.39, 0.29) is 0 Å². The molecule has 0 spiro atoms. The van der Waals surface area contributed by atoms with E-state index in [0.29, 0.717) is 18.9 Å². The minimum Gasteiger partial charge on any atom is -0.366 e. The summed E-state index contributed by atoms with van der Waals surface area (Å²) in [6.07, 6.45) is 2.67. The molecule has 0 aromatic carbocycles. The number of rotatable bonds is 13. The molecule has 11 heteroatoms.